The second-order valence-corrected chi connectivity index (χ2v) is 4.90. The van der Waals surface area contributed by atoms with E-state index in [1.807, 2.05) is 18.2 Å². The largest absolute Gasteiger partial charge is 0.409 e. The number of nitrogens with two attached hydrogens (primary N) is 1. The molecule has 18 heavy (non-hydrogen) atoms. The van der Waals surface area contributed by atoms with Gasteiger partial charge in [0.1, 0.15) is 0 Å². The van der Waals surface area contributed by atoms with E-state index in [0.717, 1.165) is 17.7 Å². The van der Waals surface area contributed by atoms with Gasteiger partial charge in [-0.05, 0) is 38.3 Å². The van der Waals surface area contributed by atoms with Crippen LogP contribution in [0.2, 0.25) is 0 Å². The van der Waals surface area contributed by atoms with Crippen LogP contribution in [0.25, 0.3) is 0 Å². The van der Waals surface area contributed by atoms with Gasteiger partial charge in [-0.1, -0.05) is 24.2 Å². The minimum atomic E-state index is 0.180. The lowest BCUT2D eigenvalue weighted by molar-refractivity contribution is 0.318. The molecule has 98 valence electrons. The van der Waals surface area contributed by atoms with Crippen LogP contribution < -0.4 is 10.6 Å². The number of hydrogen-bond donors (Lipinski definition) is 2. The van der Waals surface area contributed by atoms with Crippen molar-refractivity contribution in [3.63, 3.8) is 0 Å². The number of para-hydroxylation sites is 1. The molecule has 1 heterocycles. The van der Waals surface area contributed by atoms with E-state index in [1.54, 1.807) is 0 Å². The second-order valence-electron chi connectivity index (χ2n) is 4.90. The zero-order valence-corrected chi connectivity index (χ0v) is 11.0. The van der Waals surface area contributed by atoms with Crippen molar-refractivity contribution >= 4 is 11.5 Å². The highest BCUT2D eigenvalue weighted by Crippen LogP contribution is 2.33. The molecule has 2 atom stereocenters. The molecule has 2 rings (SSSR count). The molecule has 0 spiro atoms. The van der Waals surface area contributed by atoms with Gasteiger partial charge in [-0.3, -0.25) is 0 Å². The molecule has 1 aliphatic rings. The number of amidine groups is 1. The Hall–Kier alpha value is -1.71. The Bertz CT molecular complexity index is 444. The van der Waals surface area contributed by atoms with Gasteiger partial charge in [0.2, 0.25) is 0 Å². The third-order valence-corrected chi connectivity index (χ3v) is 3.82. The standard InChI is InChI=1S/C14H21N3O/c1-3-11-9-8-10(2)17(11)13-7-5-4-6-12(13)14(15)16-18/h4-7,10-11,18H,3,8-9H2,1-2H3,(H2,15,16). The van der Waals surface area contributed by atoms with Crippen molar-refractivity contribution in [2.45, 2.75) is 45.2 Å². The number of benzene rings is 1. The van der Waals surface area contributed by atoms with E-state index >= 15 is 0 Å². The highest BCUT2D eigenvalue weighted by molar-refractivity contribution is 6.02. The summed E-state index contributed by atoms with van der Waals surface area (Å²) in [4.78, 5) is 2.41. The number of nitrogens with zero attached hydrogens (tertiary/aromatic N) is 2. The van der Waals surface area contributed by atoms with E-state index < -0.39 is 0 Å². The monoisotopic (exact) mass is 247 g/mol. The van der Waals surface area contributed by atoms with Crippen molar-refractivity contribution in [3.05, 3.63) is 29.8 Å². The van der Waals surface area contributed by atoms with E-state index in [2.05, 4.69) is 30.0 Å². The Balaban J connectivity index is 2.44. The summed E-state index contributed by atoms with van der Waals surface area (Å²) < 4.78 is 0. The number of rotatable bonds is 3. The lowest BCUT2D eigenvalue weighted by Crippen LogP contribution is -2.35. The molecule has 1 fully saturated rings. The van der Waals surface area contributed by atoms with Crippen molar-refractivity contribution in [1.29, 1.82) is 0 Å². The highest BCUT2D eigenvalue weighted by Gasteiger charge is 2.31. The topological polar surface area (TPSA) is 61.8 Å². The minimum absolute atomic E-state index is 0.180. The van der Waals surface area contributed by atoms with E-state index in [4.69, 9.17) is 10.9 Å². The maximum absolute atomic E-state index is 8.89. The maximum Gasteiger partial charge on any atom is 0.172 e. The van der Waals surface area contributed by atoms with Crippen LogP contribution in [-0.2, 0) is 0 Å². The first kappa shape index (κ1) is 12.7. The molecule has 0 aliphatic carbocycles. The van der Waals surface area contributed by atoms with Crippen LogP contribution in [0.1, 0.15) is 38.7 Å². The summed E-state index contributed by atoms with van der Waals surface area (Å²) in [5.41, 5.74) is 7.65. The molecular formula is C14H21N3O. The summed E-state index contributed by atoms with van der Waals surface area (Å²) in [5.74, 6) is 0.180. The Labute approximate surface area is 108 Å². The molecule has 2 unspecified atom stereocenters. The van der Waals surface area contributed by atoms with Crippen LogP contribution in [0.5, 0.6) is 0 Å². The fraction of sp³-hybridized carbons (Fsp3) is 0.500. The summed E-state index contributed by atoms with van der Waals surface area (Å²) in [6.07, 6.45) is 3.53. The van der Waals surface area contributed by atoms with Gasteiger partial charge in [0, 0.05) is 23.3 Å². The van der Waals surface area contributed by atoms with Gasteiger partial charge in [-0.2, -0.15) is 0 Å². The van der Waals surface area contributed by atoms with Gasteiger partial charge in [0.05, 0.1) is 0 Å². The van der Waals surface area contributed by atoms with Crippen LogP contribution in [0.4, 0.5) is 5.69 Å². The Morgan fingerprint density at radius 2 is 2.17 bits per heavy atom. The van der Waals surface area contributed by atoms with Gasteiger partial charge in [0.15, 0.2) is 5.84 Å². The molecule has 1 aliphatic heterocycles. The molecule has 4 heteroatoms. The molecule has 0 amide bonds. The molecule has 0 radical (unpaired) electrons. The van der Waals surface area contributed by atoms with Gasteiger partial charge < -0.3 is 15.8 Å². The number of hydrogen-bond acceptors (Lipinski definition) is 3. The average molecular weight is 247 g/mol. The smallest absolute Gasteiger partial charge is 0.172 e. The number of anilines is 1. The predicted octanol–water partition coefficient (Wildman–Crippen LogP) is 2.55. The summed E-state index contributed by atoms with van der Waals surface area (Å²) >= 11 is 0. The van der Waals surface area contributed by atoms with Crippen LogP contribution in [0, 0.1) is 0 Å². The fourth-order valence-electron chi connectivity index (χ4n) is 2.88. The summed E-state index contributed by atoms with van der Waals surface area (Å²) in [7, 11) is 0. The Kier molecular flexibility index (Phi) is 3.75. The Morgan fingerprint density at radius 1 is 1.44 bits per heavy atom. The highest BCUT2D eigenvalue weighted by atomic mass is 16.4. The van der Waals surface area contributed by atoms with Crippen LogP contribution in [-0.4, -0.2) is 23.1 Å². The zero-order valence-electron chi connectivity index (χ0n) is 11.0. The van der Waals surface area contributed by atoms with E-state index in [0.29, 0.717) is 12.1 Å². The van der Waals surface area contributed by atoms with E-state index in [1.165, 1.54) is 12.8 Å². The zero-order chi connectivity index (χ0) is 13.1. The van der Waals surface area contributed by atoms with Gasteiger partial charge >= 0.3 is 0 Å². The summed E-state index contributed by atoms with van der Waals surface area (Å²) in [6, 6.07) is 8.93. The normalized spacial score (nSPS) is 24.6. The lowest BCUT2D eigenvalue weighted by Gasteiger charge is -2.31. The predicted molar refractivity (Wildman–Crippen MR) is 74.2 cm³/mol. The molecule has 4 nitrogen and oxygen atoms in total. The minimum Gasteiger partial charge on any atom is -0.409 e. The molecule has 1 aromatic carbocycles. The van der Waals surface area contributed by atoms with E-state index in [-0.39, 0.29) is 5.84 Å². The van der Waals surface area contributed by atoms with Crippen LogP contribution >= 0.6 is 0 Å². The second kappa shape index (κ2) is 5.29. The lowest BCUT2D eigenvalue weighted by atomic mass is 10.1. The van der Waals surface area contributed by atoms with Crippen molar-refractivity contribution in [1.82, 2.24) is 0 Å². The fourth-order valence-corrected chi connectivity index (χ4v) is 2.88. The Morgan fingerprint density at radius 3 is 2.83 bits per heavy atom. The summed E-state index contributed by atoms with van der Waals surface area (Å²) in [6.45, 7) is 4.44. The van der Waals surface area contributed by atoms with Crippen molar-refractivity contribution in [3.8, 4) is 0 Å². The van der Waals surface area contributed by atoms with Crippen LogP contribution in [0.3, 0.4) is 0 Å². The van der Waals surface area contributed by atoms with Gasteiger partial charge in [0.25, 0.3) is 0 Å². The van der Waals surface area contributed by atoms with Crippen molar-refractivity contribution < 1.29 is 5.21 Å². The van der Waals surface area contributed by atoms with Crippen molar-refractivity contribution in [2.75, 3.05) is 4.90 Å². The first-order valence-electron chi connectivity index (χ1n) is 6.54. The SMILES string of the molecule is CCC1CCC(C)N1c1ccccc1/C(N)=N/O. The van der Waals surface area contributed by atoms with Gasteiger partial charge in [-0.25, -0.2) is 0 Å². The van der Waals surface area contributed by atoms with Crippen molar-refractivity contribution in [2.24, 2.45) is 10.9 Å². The molecule has 1 saturated heterocycles. The molecule has 0 bridgehead atoms. The molecule has 0 saturated carbocycles. The molecule has 1 aromatic rings. The molecular weight excluding hydrogens is 226 g/mol. The molecule has 0 aromatic heterocycles. The maximum atomic E-state index is 8.89. The number of oxime groups is 1. The van der Waals surface area contributed by atoms with Crippen LogP contribution in [0.15, 0.2) is 29.4 Å². The van der Waals surface area contributed by atoms with E-state index in [9.17, 15) is 0 Å². The first-order valence-corrected chi connectivity index (χ1v) is 6.54. The first-order chi connectivity index (χ1) is 8.69. The quantitative estimate of drug-likeness (QED) is 0.373. The molecule has 3 N–H and O–H groups in total. The third-order valence-electron chi connectivity index (χ3n) is 3.82. The third kappa shape index (κ3) is 2.15. The average Bonchev–Trinajstić information content (AvgIpc) is 2.78. The summed E-state index contributed by atoms with van der Waals surface area (Å²) in [5, 5.41) is 12.0. The van der Waals surface area contributed by atoms with Gasteiger partial charge in [-0.15, -0.1) is 0 Å².